The summed E-state index contributed by atoms with van der Waals surface area (Å²) in [5, 5.41) is 2.99. The lowest BCUT2D eigenvalue weighted by Crippen LogP contribution is -2.24. The predicted molar refractivity (Wildman–Crippen MR) is 98.3 cm³/mol. The molecule has 1 N–H and O–H groups in total. The Kier molecular flexibility index (Phi) is 11.1. The molecule has 1 aromatic carbocycles. The lowest BCUT2D eigenvalue weighted by molar-refractivity contribution is 0.0953. The molecule has 0 aromatic heterocycles. The van der Waals surface area contributed by atoms with Gasteiger partial charge in [0.15, 0.2) is 0 Å². The average molecular weight is 368 g/mol. The van der Waals surface area contributed by atoms with Crippen molar-refractivity contribution >= 4 is 21.8 Å². The second-order valence-corrected chi connectivity index (χ2v) is 6.86. The summed E-state index contributed by atoms with van der Waals surface area (Å²) >= 11 is 3.37. The van der Waals surface area contributed by atoms with Crippen molar-refractivity contribution in [1.82, 2.24) is 5.32 Å². The summed E-state index contributed by atoms with van der Waals surface area (Å²) in [6.45, 7) is 3.04. The number of rotatable bonds is 12. The first-order valence-corrected chi connectivity index (χ1v) is 9.57. The van der Waals surface area contributed by atoms with Crippen LogP contribution in [0.2, 0.25) is 0 Å². The van der Waals surface area contributed by atoms with E-state index in [2.05, 4.69) is 28.2 Å². The van der Waals surface area contributed by atoms with Gasteiger partial charge in [0.25, 0.3) is 5.91 Å². The average Bonchev–Trinajstić information content (AvgIpc) is 2.53. The lowest BCUT2D eigenvalue weighted by atomic mass is 10.1. The van der Waals surface area contributed by atoms with E-state index in [-0.39, 0.29) is 5.91 Å². The van der Waals surface area contributed by atoms with E-state index in [0.717, 1.165) is 23.0 Å². The molecule has 0 saturated carbocycles. The third kappa shape index (κ3) is 9.24. The largest absolute Gasteiger partial charge is 0.352 e. The molecule has 0 heterocycles. The van der Waals surface area contributed by atoms with Crippen LogP contribution in [0.5, 0.6) is 0 Å². The second-order valence-electron chi connectivity index (χ2n) is 5.94. The zero-order valence-corrected chi connectivity index (χ0v) is 15.5. The van der Waals surface area contributed by atoms with Gasteiger partial charge in [-0.3, -0.25) is 4.79 Å². The molecule has 0 spiro atoms. The van der Waals surface area contributed by atoms with Crippen LogP contribution < -0.4 is 5.32 Å². The SMILES string of the molecule is CCCCCCCCCCCCNC(=O)c1ccc(Br)cc1. The predicted octanol–water partition coefficient (Wildman–Crippen LogP) is 6.10. The smallest absolute Gasteiger partial charge is 0.251 e. The molecule has 0 aliphatic carbocycles. The highest BCUT2D eigenvalue weighted by Crippen LogP contribution is 2.11. The summed E-state index contributed by atoms with van der Waals surface area (Å²) in [4.78, 5) is 11.9. The first kappa shape index (κ1) is 19.2. The minimum Gasteiger partial charge on any atom is -0.352 e. The van der Waals surface area contributed by atoms with Gasteiger partial charge in [-0.05, 0) is 30.7 Å². The van der Waals surface area contributed by atoms with E-state index < -0.39 is 0 Å². The molecule has 0 unspecified atom stereocenters. The summed E-state index contributed by atoms with van der Waals surface area (Å²) in [5.41, 5.74) is 0.732. The van der Waals surface area contributed by atoms with Crippen LogP contribution in [0, 0.1) is 0 Å². The summed E-state index contributed by atoms with van der Waals surface area (Å²) in [6.07, 6.45) is 13.2. The van der Waals surface area contributed by atoms with Crippen LogP contribution in [0.1, 0.15) is 81.5 Å². The van der Waals surface area contributed by atoms with Crippen LogP contribution in [0.3, 0.4) is 0 Å². The van der Waals surface area contributed by atoms with Crippen molar-refractivity contribution in [3.63, 3.8) is 0 Å². The molecule has 1 amide bonds. The van der Waals surface area contributed by atoms with Crippen molar-refractivity contribution in [2.24, 2.45) is 0 Å². The fourth-order valence-electron chi connectivity index (χ4n) is 2.52. The molecule has 2 nitrogen and oxygen atoms in total. The number of carbonyl (C=O) groups is 1. The number of unbranched alkanes of at least 4 members (excludes halogenated alkanes) is 9. The molecular formula is C19H30BrNO. The Morgan fingerprint density at radius 2 is 1.36 bits per heavy atom. The Balaban J connectivity index is 1.93. The van der Waals surface area contributed by atoms with Crippen LogP contribution in [-0.4, -0.2) is 12.5 Å². The van der Waals surface area contributed by atoms with E-state index in [4.69, 9.17) is 0 Å². The van der Waals surface area contributed by atoms with Gasteiger partial charge in [0.05, 0.1) is 0 Å². The van der Waals surface area contributed by atoms with Crippen LogP contribution >= 0.6 is 15.9 Å². The molecule has 124 valence electrons. The van der Waals surface area contributed by atoms with Gasteiger partial charge in [0.2, 0.25) is 0 Å². The third-order valence-corrected chi connectivity index (χ3v) is 4.45. The maximum atomic E-state index is 11.9. The van der Waals surface area contributed by atoms with Crippen molar-refractivity contribution < 1.29 is 4.79 Å². The zero-order chi connectivity index (χ0) is 16.0. The van der Waals surface area contributed by atoms with Gasteiger partial charge in [-0.15, -0.1) is 0 Å². The molecule has 0 radical (unpaired) electrons. The number of amides is 1. The molecule has 1 rings (SSSR count). The van der Waals surface area contributed by atoms with Crippen LogP contribution in [-0.2, 0) is 0 Å². The third-order valence-electron chi connectivity index (χ3n) is 3.92. The molecule has 22 heavy (non-hydrogen) atoms. The molecule has 3 heteroatoms. The Bertz CT molecular complexity index is 402. The number of halogens is 1. The highest BCUT2D eigenvalue weighted by Gasteiger charge is 2.03. The highest BCUT2D eigenvalue weighted by atomic mass is 79.9. The van der Waals surface area contributed by atoms with E-state index in [9.17, 15) is 4.79 Å². The minimum atomic E-state index is 0.0309. The molecule has 0 bridgehead atoms. The maximum absolute atomic E-state index is 11.9. The van der Waals surface area contributed by atoms with Crippen molar-refractivity contribution in [2.75, 3.05) is 6.54 Å². The molecule has 0 aliphatic rings. The Labute approximate surface area is 144 Å². The monoisotopic (exact) mass is 367 g/mol. The quantitative estimate of drug-likeness (QED) is 0.444. The lowest BCUT2D eigenvalue weighted by Gasteiger charge is -2.05. The molecule has 0 aliphatic heterocycles. The van der Waals surface area contributed by atoms with Gasteiger partial charge < -0.3 is 5.32 Å². The molecule has 0 atom stereocenters. The van der Waals surface area contributed by atoms with E-state index in [1.54, 1.807) is 0 Å². The number of benzene rings is 1. The van der Waals surface area contributed by atoms with Gasteiger partial charge in [-0.2, -0.15) is 0 Å². The van der Waals surface area contributed by atoms with E-state index in [0.29, 0.717) is 0 Å². The van der Waals surface area contributed by atoms with Gasteiger partial charge in [0.1, 0.15) is 0 Å². The van der Waals surface area contributed by atoms with Crippen LogP contribution in [0.15, 0.2) is 28.7 Å². The summed E-state index contributed by atoms with van der Waals surface area (Å²) < 4.78 is 0.999. The number of nitrogens with one attached hydrogen (secondary N) is 1. The van der Waals surface area contributed by atoms with Crippen LogP contribution in [0.4, 0.5) is 0 Å². The number of carbonyl (C=O) groups excluding carboxylic acids is 1. The Morgan fingerprint density at radius 1 is 0.864 bits per heavy atom. The standard InChI is InChI=1S/C19H30BrNO/c1-2-3-4-5-6-7-8-9-10-11-16-21-19(22)17-12-14-18(20)15-13-17/h12-15H,2-11,16H2,1H3,(H,21,22). The van der Waals surface area contributed by atoms with Crippen molar-refractivity contribution in [2.45, 2.75) is 71.1 Å². The van der Waals surface area contributed by atoms with Gasteiger partial charge >= 0.3 is 0 Å². The fourth-order valence-corrected chi connectivity index (χ4v) is 2.78. The molecular weight excluding hydrogens is 338 g/mol. The van der Waals surface area contributed by atoms with Crippen molar-refractivity contribution in [3.05, 3.63) is 34.3 Å². The topological polar surface area (TPSA) is 29.1 Å². The van der Waals surface area contributed by atoms with Crippen LogP contribution in [0.25, 0.3) is 0 Å². The van der Waals surface area contributed by atoms with E-state index in [1.165, 1.54) is 57.8 Å². The maximum Gasteiger partial charge on any atom is 0.251 e. The summed E-state index contributed by atoms with van der Waals surface area (Å²) in [6, 6.07) is 7.49. The molecule has 1 aromatic rings. The minimum absolute atomic E-state index is 0.0309. The molecule has 0 fully saturated rings. The van der Waals surface area contributed by atoms with E-state index in [1.807, 2.05) is 24.3 Å². The number of hydrogen-bond acceptors (Lipinski definition) is 1. The van der Waals surface area contributed by atoms with Crippen molar-refractivity contribution in [1.29, 1.82) is 0 Å². The number of hydrogen-bond donors (Lipinski definition) is 1. The van der Waals surface area contributed by atoms with Gasteiger partial charge in [0, 0.05) is 16.6 Å². The first-order chi connectivity index (χ1) is 10.7. The summed E-state index contributed by atoms with van der Waals surface area (Å²) in [5.74, 6) is 0.0309. The zero-order valence-electron chi connectivity index (χ0n) is 13.9. The van der Waals surface area contributed by atoms with E-state index >= 15 is 0 Å². The van der Waals surface area contributed by atoms with Gasteiger partial charge in [-0.1, -0.05) is 80.6 Å². The Hall–Kier alpha value is -0.830. The first-order valence-electron chi connectivity index (χ1n) is 8.78. The fraction of sp³-hybridized carbons (Fsp3) is 0.632. The van der Waals surface area contributed by atoms with Gasteiger partial charge in [-0.25, -0.2) is 0 Å². The normalized spacial score (nSPS) is 10.6. The molecule has 0 saturated heterocycles. The summed E-state index contributed by atoms with van der Waals surface area (Å²) in [7, 11) is 0. The second kappa shape index (κ2) is 12.7. The van der Waals surface area contributed by atoms with Crippen molar-refractivity contribution in [3.8, 4) is 0 Å². The highest BCUT2D eigenvalue weighted by molar-refractivity contribution is 9.10. The Morgan fingerprint density at radius 3 is 1.91 bits per heavy atom.